The number of ether oxygens (including phenoxy) is 1. The molecule has 218 valence electrons. The van der Waals surface area contributed by atoms with Gasteiger partial charge in [-0.15, -0.1) is 18.3 Å². The Morgan fingerprint density at radius 1 is 1.14 bits per heavy atom. The third kappa shape index (κ3) is 5.61. The number of thioether (sulfide) groups is 2. The average molecular weight is 608 g/mol. The molecule has 0 saturated carbocycles. The lowest BCUT2D eigenvalue weighted by atomic mass is 9.87. The normalized spacial score (nSPS) is 24.9. The van der Waals surface area contributed by atoms with Gasteiger partial charge in [0.05, 0.1) is 0 Å². The second kappa shape index (κ2) is 12.7. The van der Waals surface area contributed by atoms with E-state index in [-0.39, 0.29) is 18.3 Å². The second-order valence-corrected chi connectivity index (χ2v) is 11.7. The van der Waals surface area contributed by atoms with E-state index >= 15 is 0 Å². The minimum Gasteiger partial charge on any atom is -0.452 e. The Kier molecular flexibility index (Phi) is 8.88. The highest BCUT2D eigenvalue weighted by atomic mass is 32.2. The van der Waals surface area contributed by atoms with Crippen molar-refractivity contribution < 1.29 is 28.8 Å². The molecule has 3 amide bonds. The summed E-state index contributed by atoms with van der Waals surface area (Å²) >= 11 is 2.63. The van der Waals surface area contributed by atoms with Gasteiger partial charge in [-0.25, -0.2) is 0 Å². The van der Waals surface area contributed by atoms with Gasteiger partial charge in [-0.3, -0.25) is 24.1 Å². The number of hydrogen-bond donors (Lipinski definition) is 2. The third-order valence-corrected chi connectivity index (χ3v) is 9.59. The summed E-state index contributed by atoms with van der Waals surface area (Å²) in [5, 5.41) is 10.4. The summed E-state index contributed by atoms with van der Waals surface area (Å²) in [5.41, 5.74) is -0.0761. The van der Waals surface area contributed by atoms with Gasteiger partial charge >= 0.3 is 5.97 Å². The zero-order chi connectivity index (χ0) is 29.7. The molecule has 5 rings (SSSR count). The highest BCUT2D eigenvalue weighted by Crippen LogP contribution is 2.44. The van der Waals surface area contributed by atoms with Crippen molar-refractivity contribution in [2.45, 2.75) is 23.0 Å². The monoisotopic (exact) mass is 607 g/mol. The summed E-state index contributed by atoms with van der Waals surface area (Å²) in [4.78, 5) is 59.0. The van der Waals surface area contributed by atoms with Crippen LogP contribution < -0.4 is 10.6 Å². The maximum atomic E-state index is 13.8. The van der Waals surface area contributed by atoms with Gasteiger partial charge in [0.1, 0.15) is 23.9 Å². The number of nitrogens with one attached hydrogen (secondary N) is 2. The van der Waals surface area contributed by atoms with E-state index in [9.17, 15) is 19.2 Å². The summed E-state index contributed by atoms with van der Waals surface area (Å²) in [7, 11) is 1.30. The Hall–Kier alpha value is -4.23. The molecule has 0 aromatic heterocycles. The maximum absolute atomic E-state index is 13.8. The Bertz CT molecular complexity index is 1370. The van der Waals surface area contributed by atoms with Crippen molar-refractivity contribution in [3.63, 3.8) is 0 Å². The number of carbonyl (C=O) groups excluding carboxylic acids is 4. The van der Waals surface area contributed by atoms with E-state index in [1.165, 1.54) is 35.5 Å². The quantitative estimate of drug-likeness (QED) is 0.0840. The fourth-order valence-corrected chi connectivity index (χ4v) is 7.23. The van der Waals surface area contributed by atoms with E-state index in [2.05, 4.69) is 22.4 Å². The van der Waals surface area contributed by atoms with Crippen LogP contribution in [0.2, 0.25) is 0 Å². The fraction of sp³-hybridized carbons (Fsp3) is 0.276. The number of nitrogens with zero attached hydrogens (tertiary/aromatic N) is 3. The molecule has 0 aliphatic carbocycles. The smallest absolute Gasteiger partial charge is 0.319 e. The first-order valence-electron chi connectivity index (χ1n) is 13.0. The Labute approximate surface area is 251 Å². The minimum absolute atomic E-state index is 0.0738. The zero-order valence-electron chi connectivity index (χ0n) is 22.6. The van der Waals surface area contributed by atoms with Crippen molar-refractivity contribution in [3.05, 3.63) is 96.1 Å². The molecule has 2 fully saturated rings. The summed E-state index contributed by atoms with van der Waals surface area (Å²) in [6, 6.07) is 18.1. The molecule has 13 heteroatoms. The number of rotatable bonds is 9. The fourth-order valence-electron chi connectivity index (χ4n) is 4.91. The number of hydrogen-bond acceptors (Lipinski definition) is 9. The molecular formula is C29H29N5O6S2. The predicted molar refractivity (Wildman–Crippen MR) is 159 cm³/mol. The number of benzene rings is 2. The van der Waals surface area contributed by atoms with Gasteiger partial charge in [0.15, 0.2) is 11.6 Å². The lowest BCUT2D eigenvalue weighted by Crippen LogP contribution is -2.74. The van der Waals surface area contributed by atoms with Crippen molar-refractivity contribution in [1.82, 2.24) is 20.4 Å². The van der Waals surface area contributed by atoms with Crippen LogP contribution >= 0.6 is 23.5 Å². The first-order valence-corrected chi connectivity index (χ1v) is 15.0. The Morgan fingerprint density at radius 3 is 2.40 bits per heavy atom. The third-order valence-electron chi connectivity index (χ3n) is 7.14. The number of carbonyl (C=O) groups is 4. The SMILES string of the molecule is C=CC1(C(=O)OC(c2ccccc2)c2ccccc2)CS[C@@H]2C(NC(=O)C(=NOC)N3C=CSC3NC=O)C(=O)N2C1. The van der Waals surface area contributed by atoms with Gasteiger partial charge in [0, 0.05) is 18.5 Å². The molecule has 0 radical (unpaired) electrons. The molecule has 3 aliphatic heterocycles. The standard InChI is InChI=1S/C29H29N5O6S2/c1-3-29(27(38)40-22(19-10-6-4-7-11-19)20-12-8-5-9-13-20)16-34-25(37)21(26(34)42-17-29)31-24(36)23(32-39-2)33-14-15-41-28(33)30-18-35/h3-15,18,21-22,26,28H,1,16-17H2,2H3,(H,30,35)(H,31,36)/t21?,26-,28?,29?/m1/s1. The topological polar surface area (TPSA) is 130 Å². The molecule has 3 heterocycles. The lowest BCUT2D eigenvalue weighted by molar-refractivity contribution is -0.162. The van der Waals surface area contributed by atoms with Gasteiger partial charge < -0.3 is 25.1 Å². The van der Waals surface area contributed by atoms with Crippen LogP contribution in [0.3, 0.4) is 0 Å². The van der Waals surface area contributed by atoms with Gasteiger partial charge in [0.25, 0.3) is 5.91 Å². The van der Waals surface area contributed by atoms with E-state index in [1.54, 1.807) is 22.6 Å². The van der Waals surface area contributed by atoms with Crippen molar-refractivity contribution in [2.75, 3.05) is 19.4 Å². The first kappa shape index (κ1) is 29.3. The van der Waals surface area contributed by atoms with Crippen LogP contribution in [0, 0.1) is 5.41 Å². The maximum Gasteiger partial charge on any atom is 0.319 e. The summed E-state index contributed by atoms with van der Waals surface area (Å²) in [6.07, 6.45) is 3.01. The van der Waals surface area contributed by atoms with Crippen LogP contribution in [-0.4, -0.2) is 76.2 Å². The van der Waals surface area contributed by atoms with Gasteiger partial charge in [-0.2, -0.15) is 0 Å². The van der Waals surface area contributed by atoms with Crippen LogP contribution in [0.4, 0.5) is 0 Å². The van der Waals surface area contributed by atoms with Crippen molar-refractivity contribution >= 4 is 53.6 Å². The average Bonchev–Trinajstić information content (AvgIpc) is 3.49. The van der Waals surface area contributed by atoms with E-state index in [0.717, 1.165) is 11.1 Å². The Balaban J connectivity index is 1.28. The van der Waals surface area contributed by atoms with Crippen LogP contribution in [0.15, 0.2) is 90.1 Å². The molecule has 0 bridgehead atoms. The molecule has 2 aromatic rings. The molecular weight excluding hydrogens is 578 g/mol. The van der Waals surface area contributed by atoms with Crippen molar-refractivity contribution in [1.29, 1.82) is 0 Å². The summed E-state index contributed by atoms with van der Waals surface area (Å²) < 4.78 is 6.13. The molecule has 2 N–H and O–H groups in total. The van der Waals surface area contributed by atoms with Crippen LogP contribution in [0.25, 0.3) is 0 Å². The van der Waals surface area contributed by atoms with E-state index in [0.29, 0.717) is 12.2 Å². The molecule has 3 aliphatic rings. The van der Waals surface area contributed by atoms with Crippen molar-refractivity contribution in [3.8, 4) is 0 Å². The molecule has 2 aromatic carbocycles. The highest BCUT2D eigenvalue weighted by molar-refractivity contribution is 8.02. The van der Waals surface area contributed by atoms with Crippen molar-refractivity contribution in [2.24, 2.45) is 10.6 Å². The number of esters is 1. The molecule has 11 nitrogen and oxygen atoms in total. The number of β-lactam (4-membered cyclic amide) rings is 1. The highest BCUT2D eigenvalue weighted by Gasteiger charge is 2.57. The second-order valence-electron chi connectivity index (χ2n) is 9.65. The largest absolute Gasteiger partial charge is 0.452 e. The molecule has 2 saturated heterocycles. The molecule has 0 spiro atoms. The zero-order valence-corrected chi connectivity index (χ0v) is 24.3. The van der Waals surface area contributed by atoms with E-state index in [1.807, 2.05) is 60.7 Å². The number of fused-ring (bicyclic) bond motifs is 1. The van der Waals surface area contributed by atoms with Gasteiger partial charge in [-0.1, -0.05) is 83.7 Å². The van der Waals surface area contributed by atoms with Crippen LogP contribution in [0.1, 0.15) is 17.2 Å². The summed E-state index contributed by atoms with van der Waals surface area (Å²) in [6.45, 7) is 3.99. The van der Waals surface area contributed by atoms with Gasteiger partial charge in [-0.05, 0) is 16.5 Å². The number of amidine groups is 1. The number of amides is 3. The lowest BCUT2D eigenvalue weighted by Gasteiger charge is -2.53. The molecule has 3 unspecified atom stereocenters. The van der Waals surface area contributed by atoms with Crippen LogP contribution in [0.5, 0.6) is 0 Å². The Morgan fingerprint density at radius 2 is 1.81 bits per heavy atom. The van der Waals surface area contributed by atoms with E-state index in [4.69, 9.17) is 9.57 Å². The number of oxime groups is 1. The first-order chi connectivity index (χ1) is 20.4. The molecule has 4 atom stereocenters. The van der Waals surface area contributed by atoms with Gasteiger partial charge in [0.2, 0.25) is 18.2 Å². The molecule has 42 heavy (non-hydrogen) atoms. The van der Waals surface area contributed by atoms with E-state index < -0.39 is 40.3 Å². The van der Waals surface area contributed by atoms with Crippen LogP contribution in [-0.2, 0) is 28.8 Å². The minimum atomic E-state index is -1.14. The summed E-state index contributed by atoms with van der Waals surface area (Å²) in [5.74, 6) is -1.28. The predicted octanol–water partition coefficient (Wildman–Crippen LogP) is 2.40.